The van der Waals surface area contributed by atoms with Gasteiger partial charge in [-0.05, 0) is 57.8 Å². The van der Waals surface area contributed by atoms with Crippen molar-refractivity contribution in [2.45, 2.75) is 40.3 Å². The highest BCUT2D eigenvalue weighted by Crippen LogP contribution is 2.28. The molecular formula is C27H34N4O3S. The van der Waals surface area contributed by atoms with Crippen LogP contribution < -0.4 is 15.4 Å². The summed E-state index contributed by atoms with van der Waals surface area (Å²) in [6, 6.07) is 12.9. The predicted molar refractivity (Wildman–Crippen MR) is 142 cm³/mol. The largest absolute Gasteiger partial charge is 0.493 e. The maximum absolute atomic E-state index is 13.2. The molecule has 0 spiro atoms. The summed E-state index contributed by atoms with van der Waals surface area (Å²) in [6.45, 7) is 8.68. The number of ether oxygens (including phenoxy) is 1. The smallest absolute Gasteiger partial charge is 0.255 e. The highest BCUT2D eigenvalue weighted by Gasteiger charge is 2.18. The lowest BCUT2D eigenvalue weighted by Gasteiger charge is -2.18. The Bertz CT molecular complexity index is 1170. The van der Waals surface area contributed by atoms with E-state index >= 15 is 0 Å². The Morgan fingerprint density at radius 2 is 1.89 bits per heavy atom. The van der Waals surface area contributed by atoms with E-state index in [0.29, 0.717) is 23.6 Å². The number of nitrogens with one attached hydrogen (secondary N) is 2. The number of nitrogens with zero attached hydrogens (tertiary/aromatic N) is 2. The van der Waals surface area contributed by atoms with Crippen molar-refractivity contribution >= 4 is 28.8 Å². The van der Waals surface area contributed by atoms with Crippen LogP contribution in [0, 0.1) is 5.92 Å². The molecule has 2 N–H and O–H groups in total. The molecule has 0 bridgehead atoms. The molecular weight excluding hydrogens is 460 g/mol. The lowest BCUT2D eigenvalue weighted by Crippen LogP contribution is -2.27. The van der Waals surface area contributed by atoms with Gasteiger partial charge < -0.3 is 20.3 Å². The second kappa shape index (κ2) is 12.0. The van der Waals surface area contributed by atoms with Crippen LogP contribution in [0.25, 0.3) is 10.6 Å². The molecule has 0 radical (unpaired) electrons. The fourth-order valence-corrected chi connectivity index (χ4v) is 4.30. The van der Waals surface area contributed by atoms with Crippen LogP contribution in [-0.2, 0) is 11.3 Å². The first-order valence-corrected chi connectivity index (χ1v) is 12.6. The minimum atomic E-state index is -0.269. The van der Waals surface area contributed by atoms with Gasteiger partial charge in [-0.1, -0.05) is 32.0 Å². The number of carbonyl (C=O) groups is 2. The van der Waals surface area contributed by atoms with Crippen molar-refractivity contribution in [1.29, 1.82) is 0 Å². The molecule has 3 aromatic rings. The molecule has 1 atom stereocenters. The molecule has 1 heterocycles. The topological polar surface area (TPSA) is 83.6 Å². The van der Waals surface area contributed by atoms with Crippen LogP contribution in [0.1, 0.15) is 55.4 Å². The van der Waals surface area contributed by atoms with Gasteiger partial charge in [0.15, 0.2) is 0 Å². The Kier molecular flexibility index (Phi) is 9.01. The Morgan fingerprint density at radius 3 is 2.57 bits per heavy atom. The van der Waals surface area contributed by atoms with Crippen molar-refractivity contribution in [2.75, 3.05) is 26.0 Å². The maximum atomic E-state index is 13.2. The van der Waals surface area contributed by atoms with Gasteiger partial charge in [-0.25, -0.2) is 4.98 Å². The van der Waals surface area contributed by atoms with Crippen LogP contribution in [0.2, 0.25) is 0 Å². The number of rotatable bonds is 10. The number of carbonyl (C=O) groups excluding carboxylic acids is 2. The van der Waals surface area contributed by atoms with Crippen LogP contribution in [0.15, 0.2) is 47.8 Å². The Labute approximate surface area is 211 Å². The summed E-state index contributed by atoms with van der Waals surface area (Å²) in [5, 5.41) is 8.95. The van der Waals surface area contributed by atoms with Crippen molar-refractivity contribution in [3.05, 3.63) is 64.7 Å². The van der Waals surface area contributed by atoms with Crippen molar-refractivity contribution in [1.82, 2.24) is 15.2 Å². The normalized spacial score (nSPS) is 12.0. The van der Waals surface area contributed by atoms with E-state index < -0.39 is 0 Å². The third-order valence-corrected chi connectivity index (χ3v) is 6.27. The third-order valence-electron chi connectivity index (χ3n) is 5.33. The zero-order valence-corrected chi connectivity index (χ0v) is 22.0. The van der Waals surface area contributed by atoms with E-state index in [9.17, 15) is 9.59 Å². The molecule has 1 aromatic heterocycles. The molecule has 0 fully saturated rings. The van der Waals surface area contributed by atoms with E-state index in [1.807, 2.05) is 60.0 Å². The molecule has 7 nitrogen and oxygen atoms in total. The second-order valence-electron chi connectivity index (χ2n) is 8.99. The number of hydrogen-bond acceptors (Lipinski definition) is 6. The zero-order valence-electron chi connectivity index (χ0n) is 21.2. The molecule has 186 valence electrons. The van der Waals surface area contributed by atoms with Crippen LogP contribution in [0.4, 0.5) is 5.69 Å². The van der Waals surface area contributed by atoms with Crippen molar-refractivity contribution in [3.63, 3.8) is 0 Å². The molecule has 2 aromatic carbocycles. The fourth-order valence-electron chi connectivity index (χ4n) is 3.49. The number of anilines is 1. The van der Waals surface area contributed by atoms with Gasteiger partial charge in [0.25, 0.3) is 5.91 Å². The molecule has 0 aliphatic carbocycles. The minimum Gasteiger partial charge on any atom is -0.493 e. The van der Waals surface area contributed by atoms with Gasteiger partial charge >= 0.3 is 0 Å². The van der Waals surface area contributed by atoms with E-state index in [2.05, 4.69) is 27.0 Å². The maximum Gasteiger partial charge on any atom is 0.255 e. The molecule has 2 amide bonds. The number of thiazole rings is 1. The predicted octanol–water partition coefficient (Wildman–Crippen LogP) is 5.36. The van der Waals surface area contributed by atoms with Gasteiger partial charge in [0, 0.05) is 29.1 Å². The molecule has 0 aliphatic heterocycles. The van der Waals surface area contributed by atoms with E-state index in [-0.39, 0.29) is 23.8 Å². The molecule has 0 saturated heterocycles. The fraction of sp³-hybridized carbons (Fsp3) is 0.370. The summed E-state index contributed by atoms with van der Waals surface area (Å²) >= 11 is 1.62. The monoisotopic (exact) mass is 494 g/mol. The SMILES string of the molecule is CCOc1ccc(NC(=O)C(C)C)cc1C(=O)NC(C)c1cccc(-c2nc(CN(C)C)cs2)c1. The van der Waals surface area contributed by atoms with Crippen molar-refractivity contribution < 1.29 is 14.3 Å². The van der Waals surface area contributed by atoms with Crippen LogP contribution in [0.3, 0.4) is 0 Å². The molecule has 0 aliphatic rings. The second-order valence-corrected chi connectivity index (χ2v) is 9.85. The van der Waals surface area contributed by atoms with Crippen LogP contribution in [-0.4, -0.2) is 42.4 Å². The molecule has 3 rings (SSSR count). The summed E-state index contributed by atoms with van der Waals surface area (Å²) in [6.07, 6.45) is 0. The molecule has 8 heteroatoms. The van der Waals surface area contributed by atoms with Gasteiger partial charge in [-0.3, -0.25) is 9.59 Å². The minimum absolute atomic E-state index is 0.110. The van der Waals surface area contributed by atoms with Crippen LogP contribution >= 0.6 is 11.3 Å². The number of hydrogen-bond donors (Lipinski definition) is 2. The van der Waals surface area contributed by atoms with E-state index in [0.717, 1.165) is 28.4 Å². The molecule has 0 saturated carbocycles. The third kappa shape index (κ3) is 7.13. The van der Waals surface area contributed by atoms with Gasteiger partial charge in [0.05, 0.1) is 23.9 Å². The molecule has 35 heavy (non-hydrogen) atoms. The van der Waals surface area contributed by atoms with Gasteiger partial charge in [-0.2, -0.15) is 0 Å². The van der Waals surface area contributed by atoms with Gasteiger partial charge in [-0.15, -0.1) is 11.3 Å². The lowest BCUT2D eigenvalue weighted by molar-refractivity contribution is -0.118. The zero-order chi connectivity index (χ0) is 25.5. The van der Waals surface area contributed by atoms with E-state index in [1.165, 1.54) is 0 Å². The average molecular weight is 495 g/mol. The Balaban J connectivity index is 1.79. The summed E-state index contributed by atoms with van der Waals surface area (Å²) < 4.78 is 5.68. The average Bonchev–Trinajstić information content (AvgIpc) is 3.28. The Morgan fingerprint density at radius 1 is 1.11 bits per heavy atom. The van der Waals surface area contributed by atoms with Crippen LogP contribution in [0.5, 0.6) is 5.75 Å². The van der Waals surface area contributed by atoms with E-state index in [1.54, 1.807) is 29.5 Å². The van der Waals surface area contributed by atoms with Crippen molar-refractivity contribution in [2.24, 2.45) is 5.92 Å². The first-order chi connectivity index (χ1) is 16.7. The quantitative estimate of drug-likeness (QED) is 0.397. The first-order valence-electron chi connectivity index (χ1n) is 11.8. The standard InChI is InChI=1S/C27H34N4O3S/c1-7-34-24-12-11-21(29-25(32)17(2)3)14-23(24)26(33)28-18(4)19-9-8-10-20(13-19)27-30-22(16-35-27)15-31(5)6/h8-14,16-18H,7,15H2,1-6H3,(H,28,33)(H,29,32). The first kappa shape index (κ1) is 26.4. The van der Waals surface area contributed by atoms with E-state index in [4.69, 9.17) is 9.72 Å². The highest BCUT2D eigenvalue weighted by atomic mass is 32.1. The summed E-state index contributed by atoms with van der Waals surface area (Å²) in [4.78, 5) is 32.2. The summed E-state index contributed by atoms with van der Waals surface area (Å²) in [5.74, 6) is -0.0659. The summed E-state index contributed by atoms with van der Waals surface area (Å²) in [7, 11) is 4.05. The number of amides is 2. The van der Waals surface area contributed by atoms with Gasteiger partial charge in [0.1, 0.15) is 10.8 Å². The van der Waals surface area contributed by atoms with Crippen molar-refractivity contribution in [3.8, 4) is 16.3 Å². The van der Waals surface area contributed by atoms with Gasteiger partial charge in [0.2, 0.25) is 5.91 Å². The number of aromatic nitrogens is 1. The Hall–Kier alpha value is -3.23. The highest BCUT2D eigenvalue weighted by molar-refractivity contribution is 7.13. The summed E-state index contributed by atoms with van der Waals surface area (Å²) in [5.41, 5.74) is 3.97. The number of benzene rings is 2. The lowest BCUT2D eigenvalue weighted by atomic mass is 10.0. The molecule has 1 unspecified atom stereocenters.